The second-order valence-electron chi connectivity index (χ2n) is 7.18. The van der Waals surface area contributed by atoms with Gasteiger partial charge in [-0.2, -0.15) is 14.9 Å². The smallest absolute Gasteiger partial charge is 0.216 e. The highest BCUT2D eigenvalue weighted by Crippen LogP contribution is 2.25. The number of hydrogen-bond acceptors (Lipinski definition) is 3. The fourth-order valence-electron chi connectivity index (χ4n) is 2.56. The van der Waals surface area contributed by atoms with Crippen molar-refractivity contribution in [1.82, 2.24) is 14.9 Å². The molecule has 1 N–H and O–H groups in total. The van der Waals surface area contributed by atoms with Crippen molar-refractivity contribution >= 4 is 40.4 Å². The lowest BCUT2D eigenvalue weighted by Gasteiger charge is -2.18. The van der Waals surface area contributed by atoms with Crippen LogP contribution in [0.25, 0.3) is 17.5 Å². The van der Waals surface area contributed by atoms with Gasteiger partial charge in [0.1, 0.15) is 0 Å². The van der Waals surface area contributed by atoms with Crippen LogP contribution in [-0.4, -0.2) is 21.1 Å². The summed E-state index contributed by atoms with van der Waals surface area (Å²) in [6, 6.07) is 18.4. The molecule has 0 saturated carbocycles. The Labute approximate surface area is 172 Å². The maximum Gasteiger partial charge on any atom is 0.216 e. The van der Waals surface area contributed by atoms with Crippen LogP contribution in [0.2, 0.25) is 0 Å². The molecule has 0 aliphatic rings. The third kappa shape index (κ3) is 4.90. The summed E-state index contributed by atoms with van der Waals surface area (Å²) in [4.78, 5) is 0. The Kier molecular flexibility index (Phi) is 5.87. The molecule has 0 aliphatic heterocycles. The zero-order chi connectivity index (χ0) is 19.4. The highest BCUT2D eigenvalue weighted by Gasteiger charge is 2.14. The zero-order valence-electron chi connectivity index (χ0n) is 15.5. The first-order valence-electron chi connectivity index (χ1n) is 8.59. The third-order valence-corrected chi connectivity index (χ3v) is 4.76. The minimum absolute atomic E-state index is 0.106. The molecule has 3 rings (SSSR count). The fourth-order valence-corrected chi connectivity index (χ4v) is 3.10. The number of H-pyrrole nitrogens is 1. The predicted octanol–water partition coefficient (Wildman–Crippen LogP) is 6.18. The average molecular weight is 441 g/mol. The predicted molar refractivity (Wildman–Crippen MR) is 119 cm³/mol. The second-order valence-corrected chi connectivity index (χ2v) is 8.48. The Bertz CT molecular complexity index is 1020. The lowest BCUT2D eigenvalue weighted by atomic mass is 9.87. The van der Waals surface area contributed by atoms with E-state index in [2.05, 4.69) is 64.1 Å². The molecule has 1 aromatic heterocycles. The molecule has 2 aromatic carbocycles. The summed E-state index contributed by atoms with van der Waals surface area (Å²) in [7, 11) is 0. The molecule has 3 aromatic rings. The largest absolute Gasteiger partial charge is 0.250 e. The van der Waals surface area contributed by atoms with E-state index >= 15 is 0 Å². The lowest BCUT2D eigenvalue weighted by Crippen LogP contribution is -2.10. The molecule has 138 valence electrons. The van der Waals surface area contributed by atoms with Gasteiger partial charge in [-0.3, -0.25) is 0 Å². The van der Waals surface area contributed by atoms with Crippen molar-refractivity contribution in [2.75, 3.05) is 0 Å². The van der Waals surface area contributed by atoms with Gasteiger partial charge in [-0.05, 0) is 50.8 Å². The standard InChI is InChI=1S/C21H21BrN4S/c1-21(2,3)17-11-9-16(10-12-17)19-24-25-20(27)26(19)23-14-18(22)13-15-7-5-4-6-8-15/h4-14H,1-3H3,(H,25,27)/b18-13?,23-14+. The van der Waals surface area contributed by atoms with Gasteiger partial charge in [0.15, 0.2) is 5.82 Å². The first-order chi connectivity index (χ1) is 12.8. The van der Waals surface area contributed by atoms with Crippen LogP contribution in [0, 0.1) is 4.77 Å². The zero-order valence-corrected chi connectivity index (χ0v) is 17.9. The second kappa shape index (κ2) is 8.15. The van der Waals surface area contributed by atoms with E-state index in [1.165, 1.54) is 5.56 Å². The van der Waals surface area contributed by atoms with Crippen molar-refractivity contribution in [3.05, 3.63) is 75.0 Å². The summed E-state index contributed by atoms with van der Waals surface area (Å²) in [6.45, 7) is 6.58. The van der Waals surface area contributed by atoms with Crippen LogP contribution in [0.4, 0.5) is 0 Å². The van der Waals surface area contributed by atoms with Gasteiger partial charge >= 0.3 is 0 Å². The molecule has 0 saturated heterocycles. The van der Waals surface area contributed by atoms with E-state index in [1.807, 2.05) is 48.5 Å². The summed E-state index contributed by atoms with van der Waals surface area (Å²) in [5.41, 5.74) is 3.42. The van der Waals surface area contributed by atoms with E-state index in [-0.39, 0.29) is 5.41 Å². The molecular formula is C21H21BrN4S. The molecule has 0 aliphatic carbocycles. The number of nitrogens with zero attached hydrogens (tertiary/aromatic N) is 3. The Morgan fingerprint density at radius 2 is 1.78 bits per heavy atom. The van der Waals surface area contributed by atoms with Gasteiger partial charge in [0.25, 0.3) is 0 Å². The minimum atomic E-state index is 0.106. The Balaban J connectivity index is 1.89. The molecule has 0 fully saturated rings. The quantitative estimate of drug-likeness (QED) is 0.389. The highest BCUT2D eigenvalue weighted by molar-refractivity contribution is 9.12. The number of allylic oxidation sites excluding steroid dienone is 1. The third-order valence-electron chi connectivity index (χ3n) is 4.06. The monoisotopic (exact) mass is 440 g/mol. The number of nitrogens with one attached hydrogen (secondary N) is 1. The van der Waals surface area contributed by atoms with E-state index in [9.17, 15) is 0 Å². The van der Waals surface area contributed by atoms with Crippen molar-refractivity contribution < 1.29 is 0 Å². The molecule has 4 nitrogen and oxygen atoms in total. The maximum absolute atomic E-state index is 5.34. The highest BCUT2D eigenvalue weighted by atomic mass is 79.9. The molecule has 1 heterocycles. The summed E-state index contributed by atoms with van der Waals surface area (Å²) in [5, 5.41) is 11.6. The Morgan fingerprint density at radius 3 is 2.41 bits per heavy atom. The fraction of sp³-hybridized carbons (Fsp3) is 0.190. The Hall–Kier alpha value is -2.31. The topological polar surface area (TPSA) is 46.0 Å². The van der Waals surface area contributed by atoms with Crippen LogP contribution in [0.5, 0.6) is 0 Å². The van der Waals surface area contributed by atoms with Crippen molar-refractivity contribution in [2.45, 2.75) is 26.2 Å². The average Bonchev–Trinajstić information content (AvgIpc) is 3.01. The van der Waals surface area contributed by atoms with Crippen molar-refractivity contribution in [2.24, 2.45) is 5.10 Å². The van der Waals surface area contributed by atoms with Crippen LogP contribution < -0.4 is 0 Å². The number of aromatic nitrogens is 3. The van der Waals surface area contributed by atoms with Gasteiger partial charge in [0.2, 0.25) is 4.77 Å². The van der Waals surface area contributed by atoms with E-state index in [0.29, 0.717) is 10.6 Å². The van der Waals surface area contributed by atoms with Gasteiger partial charge in [-0.15, -0.1) is 0 Å². The molecule has 27 heavy (non-hydrogen) atoms. The van der Waals surface area contributed by atoms with Crippen molar-refractivity contribution in [1.29, 1.82) is 0 Å². The van der Waals surface area contributed by atoms with E-state index in [1.54, 1.807) is 10.9 Å². The molecule has 0 radical (unpaired) electrons. The van der Waals surface area contributed by atoms with Crippen LogP contribution in [0.15, 0.2) is 64.2 Å². The number of rotatable bonds is 4. The molecule has 0 bridgehead atoms. The van der Waals surface area contributed by atoms with Crippen LogP contribution >= 0.6 is 28.1 Å². The summed E-state index contributed by atoms with van der Waals surface area (Å²) < 4.78 is 2.91. The number of aromatic amines is 1. The van der Waals surface area contributed by atoms with Crippen molar-refractivity contribution in [3.8, 4) is 11.4 Å². The van der Waals surface area contributed by atoms with E-state index < -0.39 is 0 Å². The van der Waals surface area contributed by atoms with Gasteiger partial charge in [-0.1, -0.05) is 75.4 Å². The summed E-state index contributed by atoms with van der Waals surface area (Å²) >= 11 is 8.87. The number of halogens is 1. The molecule has 0 amide bonds. The molecular weight excluding hydrogens is 420 g/mol. The number of hydrogen-bond donors (Lipinski definition) is 1. The van der Waals surface area contributed by atoms with Gasteiger partial charge in [-0.25, -0.2) is 5.10 Å². The van der Waals surface area contributed by atoms with E-state index in [4.69, 9.17) is 12.2 Å². The Morgan fingerprint density at radius 1 is 1.11 bits per heavy atom. The summed E-state index contributed by atoms with van der Waals surface area (Å²) in [6.07, 6.45) is 3.70. The molecule has 6 heteroatoms. The molecule has 0 spiro atoms. The first kappa shape index (κ1) is 19.5. The van der Waals surface area contributed by atoms with Crippen LogP contribution in [0.3, 0.4) is 0 Å². The van der Waals surface area contributed by atoms with Gasteiger partial charge in [0.05, 0.1) is 6.21 Å². The van der Waals surface area contributed by atoms with E-state index in [0.717, 1.165) is 15.6 Å². The molecule has 0 atom stereocenters. The minimum Gasteiger partial charge on any atom is -0.250 e. The lowest BCUT2D eigenvalue weighted by molar-refractivity contribution is 0.590. The van der Waals surface area contributed by atoms with Crippen molar-refractivity contribution in [3.63, 3.8) is 0 Å². The van der Waals surface area contributed by atoms with Gasteiger partial charge in [0, 0.05) is 10.0 Å². The maximum atomic E-state index is 5.34. The van der Waals surface area contributed by atoms with Gasteiger partial charge < -0.3 is 0 Å². The number of benzene rings is 2. The SMILES string of the molecule is CC(C)(C)c1ccc(-c2n[nH]c(=S)n2/N=C/C(Br)=Cc2ccccc2)cc1. The summed E-state index contributed by atoms with van der Waals surface area (Å²) in [5.74, 6) is 0.678. The molecule has 0 unspecified atom stereocenters. The first-order valence-corrected chi connectivity index (χ1v) is 9.80. The van der Waals surface area contributed by atoms with Crippen LogP contribution in [0.1, 0.15) is 31.9 Å². The van der Waals surface area contributed by atoms with Crippen LogP contribution in [-0.2, 0) is 5.41 Å². The normalized spacial score (nSPS) is 12.7.